The number of nitrogens with one attached hydrogen (secondary N) is 1. The normalized spacial score (nSPS) is 21.8. The van der Waals surface area contributed by atoms with Gasteiger partial charge < -0.3 is 9.88 Å². The van der Waals surface area contributed by atoms with Crippen molar-refractivity contribution >= 4 is 11.6 Å². The van der Waals surface area contributed by atoms with Gasteiger partial charge in [0.1, 0.15) is 5.82 Å². The molecule has 0 unspecified atom stereocenters. The van der Waals surface area contributed by atoms with Crippen molar-refractivity contribution in [2.24, 2.45) is 11.8 Å². The van der Waals surface area contributed by atoms with Crippen molar-refractivity contribution in [3.63, 3.8) is 0 Å². The molecule has 27 heavy (non-hydrogen) atoms. The van der Waals surface area contributed by atoms with Crippen LogP contribution in [0.3, 0.4) is 0 Å². The summed E-state index contributed by atoms with van der Waals surface area (Å²) in [5.74, 6) is 2.41. The highest BCUT2D eigenvalue weighted by atomic mass is 16.1. The molecule has 1 aliphatic heterocycles. The Hall–Kier alpha value is -2.10. The number of carbonyl (C=O) groups is 1. The first-order chi connectivity index (χ1) is 13.2. The van der Waals surface area contributed by atoms with Crippen molar-refractivity contribution in [2.45, 2.75) is 71.3 Å². The Morgan fingerprint density at radius 3 is 2.70 bits per heavy atom. The lowest BCUT2D eigenvalue weighted by molar-refractivity contribution is -0.121. The molecule has 2 aliphatic rings. The highest BCUT2D eigenvalue weighted by Crippen LogP contribution is 2.33. The van der Waals surface area contributed by atoms with E-state index in [1.54, 1.807) is 0 Å². The molecule has 2 aromatic rings. The minimum Gasteiger partial charge on any atom is -0.328 e. The predicted octanol–water partition coefficient (Wildman–Crippen LogP) is 5.43. The minimum absolute atomic E-state index is 0.181. The molecule has 0 radical (unpaired) electrons. The number of fused-ring (bicyclic) bond motifs is 1. The molecule has 1 aromatic carbocycles. The van der Waals surface area contributed by atoms with Gasteiger partial charge in [0.15, 0.2) is 0 Å². The first-order valence-corrected chi connectivity index (χ1v) is 10.7. The Morgan fingerprint density at radius 2 is 1.96 bits per heavy atom. The van der Waals surface area contributed by atoms with Gasteiger partial charge in [-0.15, -0.1) is 0 Å². The summed E-state index contributed by atoms with van der Waals surface area (Å²) < 4.78 is 2.31. The fraction of sp³-hybridized carbons (Fsp3) is 0.565. The number of anilines is 1. The predicted molar refractivity (Wildman–Crippen MR) is 110 cm³/mol. The van der Waals surface area contributed by atoms with E-state index in [1.165, 1.54) is 55.6 Å². The van der Waals surface area contributed by atoms with E-state index in [4.69, 9.17) is 0 Å². The number of carbonyl (C=O) groups excluding carboxylic acids is 1. The van der Waals surface area contributed by atoms with Gasteiger partial charge in [-0.3, -0.25) is 4.79 Å². The van der Waals surface area contributed by atoms with Crippen LogP contribution >= 0.6 is 0 Å². The lowest BCUT2D eigenvalue weighted by Gasteiger charge is -2.27. The number of unbranched alkanes of at least 4 members (excludes halogenated alkanes) is 1. The van der Waals surface area contributed by atoms with Gasteiger partial charge in [0.2, 0.25) is 5.91 Å². The van der Waals surface area contributed by atoms with Crippen molar-refractivity contribution in [3.8, 4) is 11.3 Å². The molecule has 4 heteroatoms. The Kier molecular flexibility index (Phi) is 5.61. The SMILES string of the molecule is CCCCC1CCC(C(=O)Nc2ccc(-c3cnc4n3CCC4)cc2)CC1. The lowest BCUT2D eigenvalue weighted by atomic mass is 9.79. The second kappa shape index (κ2) is 8.28. The van der Waals surface area contributed by atoms with Crippen molar-refractivity contribution in [1.82, 2.24) is 9.55 Å². The number of hydrogen-bond acceptors (Lipinski definition) is 2. The first-order valence-electron chi connectivity index (χ1n) is 10.7. The maximum absolute atomic E-state index is 12.6. The van der Waals surface area contributed by atoms with Gasteiger partial charge in [0.25, 0.3) is 0 Å². The number of benzene rings is 1. The first kappa shape index (κ1) is 18.3. The molecule has 1 amide bonds. The van der Waals surface area contributed by atoms with Crippen LogP contribution in [0, 0.1) is 11.8 Å². The van der Waals surface area contributed by atoms with E-state index in [9.17, 15) is 4.79 Å². The molecule has 0 bridgehead atoms. The third kappa shape index (κ3) is 4.10. The fourth-order valence-corrected chi connectivity index (χ4v) is 4.66. The second-order valence-corrected chi connectivity index (χ2v) is 8.24. The monoisotopic (exact) mass is 365 g/mol. The third-order valence-electron chi connectivity index (χ3n) is 6.35. The Labute approximate surface area is 162 Å². The Bertz CT molecular complexity index is 769. The number of amides is 1. The van der Waals surface area contributed by atoms with Crippen LogP contribution in [-0.4, -0.2) is 15.5 Å². The Morgan fingerprint density at radius 1 is 1.19 bits per heavy atom. The number of aryl methyl sites for hydroxylation is 1. The summed E-state index contributed by atoms with van der Waals surface area (Å²) in [4.78, 5) is 17.2. The van der Waals surface area contributed by atoms with E-state index in [0.717, 1.165) is 37.4 Å². The molecule has 0 atom stereocenters. The molecule has 1 aliphatic carbocycles. The maximum Gasteiger partial charge on any atom is 0.227 e. The van der Waals surface area contributed by atoms with Gasteiger partial charge in [-0.2, -0.15) is 0 Å². The van der Waals surface area contributed by atoms with Crippen LogP contribution in [0.2, 0.25) is 0 Å². The standard InChI is InChI=1S/C23H31N3O/c1-2-3-5-17-7-9-19(10-8-17)23(27)25-20-13-11-18(12-14-20)21-16-24-22-6-4-15-26(21)22/h11-14,16-17,19H,2-10,15H2,1H3,(H,25,27). The fourth-order valence-electron chi connectivity index (χ4n) is 4.66. The van der Waals surface area contributed by atoms with Crippen LogP contribution in [0.25, 0.3) is 11.3 Å². The van der Waals surface area contributed by atoms with Gasteiger partial charge in [-0.1, -0.05) is 38.3 Å². The van der Waals surface area contributed by atoms with Crippen molar-refractivity contribution in [3.05, 3.63) is 36.3 Å². The highest BCUT2D eigenvalue weighted by molar-refractivity contribution is 5.92. The summed E-state index contributed by atoms with van der Waals surface area (Å²) in [6, 6.07) is 8.24. The van der Waals surface area contributed by atoms with E-state index < -0.39 is 0 Å². The molecule has 0 spiro atoms. The average molecular weight is 366 g/mol. The molecule has 0 saturated heterocycles. The van der Waals surface area contributed by atoms with Crippen LogP contribution in [0.15, 0.2) is 30.5 Å². The summed E-state index contributed by atoms with van der Waals surface area (Å²) in [6.07, 6.45) is 12.7. The molecule has 1 fully saturated rings. The molecule has 144 valence electrons. The summed E-state index contributed by atoms with van der Waals surface area (Å²) in [6.45, 7) is 3.31. The summed E-state index contributed by atoms with van der Waals surface area (Å²) in [5.41, 5.74) is 3.26. The highest BCUT2D eigenvalue weighted by Gasteiger charge is 2.26. The van der Waals surface area contributed by atoms with Crippen molar-refractivity contribution in [2.75, 3.05) is 5.32 Å². The minimum atomic E-state index is 0.181. The van der Waals surface area contributed by atoms with E-state index in [-0.39, 0.29) is 11.8 Å². The quantitative estimate of drug-likeness (QED) is 0.742. The molecule has 2 heterocycles. The zero-order chi connectivity index (χ0) is 18.6. The van der Waals surface area contributed by atoms with Crippen LogP contribution in [-0.2, 0) is 17.8 Å². The van der Waals surface area contributed by atoms with Crippen molar-refractivity contribution in [1.29, 1.82) is 0 Å². The lowest BCUT2D eigenvalue weighted by Crippen LogP contribution is -2.27. The third-order valence-corrected chi connectivity index (χ3v) is 6.35. The number of imidazole rings is 1. The zero-order valence-corrected chi connectivity index (χ0v) is 16.4. The molecular weight excluding hydrogens is 334 g/mol. The molecular formula is C23H31N3O. The van der Waals surface area contributed by atoms with Crippen LogP contribution in [0.1, 0.15) is 64.1 Å². The van der Waals surface area contributed by atoms with Crippen molar-refractivity contribution < 1.29 is 4.79 Å². The topological polar surface area (TPSA) is 46.9 Å². The van der Waals surface area contributed by atoms with Crippen LogP contribution < -0.4 is 5.32 Å². The van der Waals surface area contributed by atoms with Crippen LogP contribution in [0.4, 0.5) is 5.69 Å². The molecule has 1 saturated carbocycles. The molecule has 1 aromatic heterocycles. The molecule has 1 N–H and O–H groups in total. The maximum atomic E-state index is 12.6. The largest absolute Gasteiger partial charge is 0.328 e. The molecule has 4 nitrogen and oxygen atoms in total. The van der Waals surface area contributed by atoms with E-state index >= 15 is 0 Å². The molecule has 4 rings (SSSR count). The average Bonchev–Trinajstić information content (AvgIpc) is 3.31. The van der Waals surface area contributed by atoms with Gasteiger partial charge in [-0.05, 0) is 55.7 Å². The summed E-state index contributed by atoms with van der Waals surface area (Å²) >= 11 is 0. The van der Waals surface area contributed by atoms with Gasteiger partial charge in [0.05, 0.1) is 11.9 Å². The number of aromatic nitrogens is 2. The summed E-state index contributed by atoms with van der Waals surface area (Å²) in [5, 5.41) is 3.13. The van der Waals surface area contributed by atoms with Gasteiger partial charge in [-0.25, -0.2) is 4.98 Å². The van der Waals surface area contributed by atoms with Gasteiger partial charge in [0, 0.05) is 24.6 Å². The zero-order valence-electron chi connectivity index (χ0n) is 16.4. The Balaban J connectivity index is 1.33. The number of hydrogen-bond donors (Lipinski definition) is 1. The summed E-state index contributed by atoms with van der Waals surface area (Å²) in [7, 11) is 0. The van der Waals surface area contributed by atoms with E-state index in [1.807, 2.05) is 18.3 Å². The second-order valence-electron chi connectivity index (χ2n) is 8.24. The van der Waals surface area contributed by atoms with Crippen LogP contribution in [0.5, 0.6) is 0 Å². The van der Waals surface area contributed by atoms with E-state index in [2.05, 4.69) is 33.9 Å². The van der Waals surface area contributed by atoms with Gasteiger partial charge >= 0.3 is 0 Å². The number of nitrogens with zero attached hydrogens (tertiary/aromatic N) is 2. The van der Waals surface area contributed by atoms with E-state index in [0.29, 0.717) is 0 Å². The smallest absolute Gasteiger partial charge is 0.227 e. The number of rotatable bonds is 6.